The van der Waals surface area contributed by atoms with Crippen molar-refractivity contribution in [2.75, 3.05) is 39.6 Å². The van der Waals surface area contributed by atoms with Crippen LogP contribution < -0.4 is 15.4 Å². The van der Waals surface area contributed by atoms with Gasteiger partial charge in [-0.2, -0.15) is 0 Å². The van der Waals surface area contributed by atoms with Crippen LogP contribution in [0.4, 0.5) is 11.5 Å². The lowest BCUT2D eigenvalue weighted by Crippen LogP contribution is -2.28. The molecule has 1 aromatic heterocycles. The molecule has 1 aromatic carbocycles. The van der Waals surface area contributed by atoms with Crippen molar-refractivity contribution in [3.63, 3.8) is 0 Å². The number of aryl methyl sites for hydroxylation is 2. The summed E-state index contributed by atoms with van der Waals surface area (Å²) in [6.45, 7) is 5.29. The predicted molar refractivity (Wildman–Crippen MR) is 103 cm³/mol. The molecule has 1 heterocycles. The zero-order valence-corrected chi connectivity index (χ0v) is 16.1. The number of hydrogen-bond donors (Lipinski definition) is 2. The molecule has 0 radical (unpaired) electrons. The van der Waals surface area contributed by atoms with Crippen LogP contribution in [0.15, 0.2) is 24.3 Å². The van der Waals surface area contributed by atoms with Crippen molar-refractivity contribution < 1.29 is 9.53 Å². The predicted octanol–water partition coefficient (Wildman–Crippen LogP) is 2.53. The lowest BCUT2D eigenvalue weighted by molar-refractivity contribution is 0.0947. The summed E-state index contributed by atoms with van der Waals surface area (Å²) in [5, 5.41) is 6.12. The van der Waals surface area contributed by atoms with Crippen LogP contribution in [0, 0.1) is 13.8 Å². The van der Waals surface area contributed by atoms with Crippen molar-refractivity contribution in [2.24, 2.45) is 0 Å². The second-order valence-corrected chi connectivity index (χ2v) is 6.43. The van der Waals surface area contributed by atoms with Crippen molar-refractivity contribution in [3.8, 4) is 5.75 Å². The molecule has 7 nitrogen and oxygen atoms in total. The molecule has 0 bridgehead atoms. The maximum Gasteiger partial charge on any atom is 0.270 e. The molecular weight excluding hydrogens is 330 g/mol. The van der Waals surface area contributed by atoms with E-state index in [9.17, 15) is 4.79 Å². The Labute approximate surface area is 154 Å². The Balaban J connectivity index is 2.12. The molecule has 2 aromatic rings. The van der Waals surface area contributed by atoms with E-state index in [1.165, 1.54) is 0 Å². The van der Waals surface area contributed by atoms with Gasteiger partial charge < -0.3 is 20.3 Å². The molecular formula is C19H27N5O2. The number of methoxy groups -OCH3 is 1. The average Bonchev–Trinajstić information content (AvgIpc) is 2.58. The third kappa shape index (κ3) is 5.70. The number of nitrogens with zero attached hydrogens (tertiary/aromatic N) is 3. The van der Waals surface area contributed by atoms with E-state index in [-0.39, 0.29) is 5.91 Å². The summed E-state index contributed by atoms with van der Waals surface area (Å²) in [7, 11) is 5.63. The second kappa shape index (κ2) is 9.15. The van der Waals surface area contributed by atoms with E-state index < -0.39 is 0 Å². The van der Waals surface area contributed by atoms with Gasteiger partial charge in [0.25, 0.3) is 5.91 Å². The van der Waals surface area contributed by atoms with Gasteiger partial charge in [-0.15, -0.1) is 0 Å². The first-order valence-electron chi connectivity index (χ1n) is 8.59. The van der Waals surface area contributed by atoms with Crippen LogP contribution in [0.1, 0.15) is 28.3 Å². The highest BCUT2D eigenvalue weighted by molar-refractivity contribution is 5.93. The molecule has 0 fully saturated rings. The van der Waals surface area contributed by atoms with Crippen molar-refractivity contribution in [1.29, 1.82) is 0 Å². The van der Waals surface area contributed by atoms with Gasteiger partial charge in [-0.3, -0.25) is 4.79 Å². The van der Waals surface area contributed by atoms with E-state index in [4.69, 9.17) is 4.74 Å². The first-order valence-corrected chi connectivity index (χ1v) is 8.59. The van der Waals surface area contributed by atoms with Crippen LogP contribution >= 0.6 is 0 Å². The molecule has 0 aliphatic rings. The SMILES string of the molecule is COc1ccc(C)cc1Nc1cc(C(=O)NCCCN(C)C)nc(C)n1. The third-order valence-corrected chi connectivity index (χ3v) is 3.76. The second-order valence-electron chi connectivity index (χ2n) is 6.43. The fourth-order valence-corrected chi connectivity index (χ4v) is 2.49. The monoisotopic (exact) mass is 357 g/mol. The summed E-state index contributed by atoms with van der Waals surface area (Å²) < 4.78 is 5.38. The maximum absolute atomic E-state index is 12.4. The topological polar surface area (TPSA) is 79.4 Å². The Morgan fingerprint density at radius 3 is 2.65 bits per heavy atom. The van der Waals surface area contributed by atoms with Crippen LogP contribution in [-0.4, -0.2) is 55.1 Å². The lowest BCUT2D eigenvalue weighted by Gasteiger charge is -2.13. The number of benzene rings is 1. The summed E-state index contributed by atoms with van der Waals surface area (Å²) in [6, 6.07) is 7.49. The Kier molecular flexibility index (Phi) is 6.91. The fraction of sp³-hybridized carbons (Fsp3) is 0.421. The summed E-state index contributed by atoms with van der Waals surface area (Å²) in [5.41, 5.74) is 2.23. The summed E-state index contributed by atoms with van der Waals surface area (Å²) >= 11 is 0. The minimum Gasteiger partial charge on any atom is -0.495 e. The average molecular weight is 357 g/mol. The Morgan fingerprint density at radius 1 is 1.19 bits per heavy atom. The number of nitrogens with one attached hydrogen (secondary N) is 2. The molecule has 0 aliphatic carbocycles. The summed E-state index contributed by atoms with van der Waals surface area (Å²) in [6.07, 6.45) is 0.883. The van der Waals surface area contributed by atoms with Crippen LogP contribution in [0.25, 0.3) is 0 Å². The fourth-order valence-electron chi connectivity index (χ4n) is 2.49. The van der Waals surface area contributed by atoms with E-state index in [1.807, 2.05) is 39.2 Å². The molecule has 140 valence electrons. The standard InChI is InChI=1S/C19H27N5O2/c1-13-7-8-17(26-5)15(11-13)23-18-12-16(21-14(2)22-18)19(25)20-9-6-10-24(3)4/h7-8,11-12H,6,9-10H2,1-5H3,(H,20,25)(H,21,22,23). The molecule has 0 atom stereocenters. The molecule has 0 saturated carbocycles. The molecule has 1 amide bonds. The number of aromatic nitrogens is 2. The van der Waals surface area contributed by atoms with Gasteiger partial charge in [0.05, 0.1) is 12.8 Å². The Hall–Kier alpha value is -2.67. The van der Waals surface area contributed by atoms with Crippen LogP contribution in [0.5, 0.6) is 5.75 Å². The molecule has 7 heteroatoms. The quantitative estimate of drug-likeness (QED) is 0.707. The highest BCUT2D eigenvalue weighted by atomic mass is 16.5. The number of carbonyl (C=O) groups is 1. The summed E-state index contributed by atoms with van der Waals surface area (Å²) in [4.78, 5) is 23.1. The van der Waals surface area contributed by atoms with Crippen molar-refractivity contribution in [2.45, 2.75) is 20.3 Å². The molecule has 0 aliphatic heterocycles. The minimum absolute atomic E-state index is 0.200. The van der Waals surface area contributed by atoms with E-state index in [1.54, 1.807) is 20.1 Å². The number of ether oxygens (including phenoxy) is 1. The smallest absolute Gasteiger partial charge is 0.270 e. The molecule has 2 rings (SSSR count). The Bertz CT molecular complexity index is 762. The van der Waals surface area contributed by atoms with Crippen LogP contribution in [0.3, 0.4) is 0 Å². The molecule has 0 spiro atoms. The van der Waals surface area contributed by atoms with Crippen LogP contribution in [-0.2, 0) is 0 Å². The van der Waals surface area contributed by atoms with Gasteiger partial charge in [0.1, 0.15) is 23.1 Å². The first kappa shape index (κ1) is 19.7. The molecule has 2 N–H and O–H groups in total. The zero-order valence-electron chi connectivity index (χ0n) is 16.1. The minimum atomic E-state index is -0.200. The zero-order chi connectivity index (χ0) is 19.1. The van der Waals surface area contributed by atoms with Gasteiger partial charge in [0.15, 0.2) is 0 Å². The largest absolute Gasteiger partial charge is 0.495 e. The highest BCUT2D eigenvalue weighted by Gasteiger charge is 2.12. The van der Waals surface area contributed by atoms with Crippen LogP contribution in [0.2, 0.25) is 0 Å². The number of anilines is 2. The third-order valence-electron chi connectivity index (χ3n) is 3.76. The lowest BCUT2D eigenvalue weighted by atomic mass is 10.2. The highest BCUT2D eigenvalue weighted by Crippen LogP contribution is 2.28. The van der Waals surface area contributed by atoms with Crippen molar-refractivity contribution in [3.05, 3.63) is 41.3 Å². The first-order chi connectivity index (χ1) is 12.4. The molecule has 0 unspecified atom stereocenters. The summed E-state index contributed by atoms with van der Waals surface area (Å²) in [5.74, 6) is 1.59. The normalized spacial score (nSPS) is 10.7. The maximum atomic E-state index is 12.4. The van der Waals surface area contributed by atoms with E-state index in [0.717, 1.165) is 24.2 Å². The van der Waals surface area contributed by atoms with Gasteiger partial charge >= 0.3 is 0 Å². The number of carbonyl (C=O) groups excluding carboxylic acids is 1. The van der Waals surface area contributed by atoms with E-state index in [0.29, 0.717) is 29.6 Å². The van der Waals surface area contributed by atoms with Gasteiger partial charge in [0.2, 0.25) is 0 Å². The van der Waals surface area contributed by atoms with Gasteiger partial charge in [-0.25, -0.2) is 9.97 Å². The van der Waals surface area contributed by atoms with Gasteiger partial charge in [-0.05, 0) is 58.6 Å². The van der Waals surface area contributed by atoms with E-state index in [2.05, 4.69) is 25.5 Å². The number of hydrogen-bond acceptors (Lipinski definition) is 6. The van der Waals surface area contributed by atoms with Crippen molar-refractivity contribution in [1.82, 2.24) is 20.2 Å². The Morgan fingerprint density at radius 2 is 1.96 bits per heavy atom. The van der Waals surface area contributed by atoms with Crippen molar-refractivity contribution >= 4 is 17.4 Å². The van der Waals surface area contributed by atoms with Gasteiger partial charge in [-0.1, -0.05) is 6.07 Å². The van der Waals surface area contributed by atoms with Gasteiger partial charge in [0, 0.05) is 12.6 Å². The van der Waals surface area contributed by atoms with E-state index >= 15 is 0 Å². The number of amides is 1. The molecule has 0 saturated heterocycles. The molecule has 26 heavy (non-hydrogen) atoms. The number of rotatable bonds is 8.